The van der Waals surface area contributed by atoms with Gasteiger partial charge < -0.3 is 0 Å². The zero-order valence-corrected chi connectivity index (χ0v) is 19.1. The number of rotatable bonds is 3. The van der Waals surface area contributed by atoms with Crippen molar-refractivity contribution in [2.45, 2.75) is 19.8 Å². The summed E-state index contributed by atoms with van der Waals surface area (Å²) in [6.45, 7) is 4.56. The van der Waals surface area contributed by atoms with Gasteiger partial charge in [0.25, 0.3) is 0 Å². The van der Waals surface area contributed by atoms with Crippen molar-refractivity contribution in [2.24, 2.45) is 0 Å². The van der Waals surface area contributed by atoms with Crippen LogP contribution in [-0.4, -0.2) is 0 Å². The zero-order chi connectivity index (χ0) is 21.7. The first kappa shape index (κ1) is 19.3. The molecule has 1 aromatic heterocycles. The lowest BCUT2D eigenvalue weighted by atomic mass is 9.91. The van der Waals surface area contributed by atoms with Crippen molar-refractivity contribution in [2.75, 3.05) is 0 Å². The highest BCUT2D eigenvalue weighted by molar-refractivity contribution is 7.26. The van der Waals surface area contributed by atoms with Gasteiger partial charge in [-0.1, -0.05) is 117 Å². The van der Waals surface area contributed by atoms with E-state index in [1.54, 1.807) is 0 Å². The Balaban J connectivity index is 1.69. The Morgan fingerprint density at radius 1 is 0.531 bits per heavy atom. The number of benzene rings is 5. The molecule has 6 aromatic rings. The second kappa shape index (κ2) is 7.62. The third-order valence-corrected chi connectivity index (χ3v) is 7.74. The standard InChI is InChI=1S/C31H24S/c1-20(2)23-18-22-12-6-7-13-24(22)29(19-23)28-17-9-16-27-26-15-8-14-25(30(26)32-31(27)28)21-10-4-3-5-11-21/h3-20H,1-2H3. The number of fused-ring (bicyclic) bond motifs is 4. The van der Waals surface area contributed by atoms with Crippen molar-refractivity contribution in [3.8, 4) is 22.3 Å². The van der Waals surface area contributed by atoms with Crippen molar-refractivity contribution in [3.63, 3.8) is 0 Å². The van der Waals surface area contributed by atoms with E-state index in [0.29, 0.717) is 5.92 Å². The summed E-state index contributed by atoms with van der Waals surface area (Å²) in [5.74, 6) is 0.490. The topological polar surface area (TPSA) is 0 Å². The molecule has 154 valence electrons. The van der Waals surface area contributed by atoms with E-state index in [1.165, 1.54) is 58.8 Å². The Morgan fingerprint density at radius 3 is 1.91 bits per heavy atom. The fourth-order valence-corrected chi connectivity index (χ4v) is 6.13. The molecule has 0 spiro atoms. The maximum Gasteiger partial charge on any atom is 0.0434 e. The Labute approximate surface area is 192 Å². The molecule has 0 aliphatic rings. The van der Waals surface area contributed by atoms with Crippen molar-refractivity contribution < 1.29 is 0 Å². The minimum atomic E-state index is 0.490. The Kier molecular flexibility index (Phi) is 4.59. The molecule has 0 unspecified atom stereocenters. The lowest BCUT2D eigenvalue weighted by Crippen LogP contribution is -1.90. The van der Waals surface area contributed by atoms with E-state index in [2.05, 4.69) is 117 Å². The summed E-state index contributed by atoms with van der Waals surface area (Å²) in [7, 11) is 0. The first-order chi connectivity index (χ1) is 15.7. The normalized spacial score (nSPS) is 11.7. The van der Waals surface area contributed by atoms with E-state index in [0.717, 1.165) is 0 Å². The SMILES string of the molecule is CC(C)c1cc(-c2cccc3c2sc2c(-c4ccccc4)cccc23)c2ccccc2c1. The van der Waals surface area contributed by atoms with Crippen molar-refractivity contribution in [3.05, 3.63) is 109 Å². The van der Waals surface area contributed by atoms with Crippen LogP contribution in [0.5, 0.6) is 0 Å². The van der Waals surface area contributed by atoms with Crippen LogP contribution in [0, 0.1) is 0 Å². The van der Waals surface area contributed by atoms with Crippen LogP contribution >= 0.6 is 11.3 Å². The van der Waals surface area contributed by atoms with Gasteiger partial charge in [0, 0.05) is 25.7 Å². The van der Waals surface area contributed by atoms with Crippen LogP contribution < -0.4 is 0 Å². The summed E-state index contributed by atoms with van der Waals surface area (Å²) >= 11 is 1.93. The Bertz CT molecular complexity index is 1590. The van der Waals surface area contributed by atoms with Crippen LogP contribution in [0.15, 0.2) is 103 Å². The van der Waals surface area contributed by atoms with Gasteiger partial charge >= 0.3 is 0 Å². The Morgan fingerprint density at radius 2 is 1.16 bits per heavy atom. The van der Waals surface area contributed by atoms with E-state index in [1.807, 2.05) is 11.3 Å². The molecule has 0 saturated carbocycles. The second-order valence-corrected chi connectivity index (χ2v) is 9.80. The van der Waals surface area contributed by atoms with Gasteiger partial charge in [0.15, 0.2) is 0 Å². The Hall–Kier alpha value is -3.42. The summed E-state index contributed by atoms with van der Waals surface area (Å²) in [6.07, 6.45) is 0. The van der Waals surface area contributed by atoms with Gasteiger partial charge in [-0.05, 0) is 38.9 Å². The monoisotopic (exact) mass is 428 g/mol. The highest BCUT2D eigenvalue weighted by Crippen LogP contribution is 2.45. The quantitative estimate of drug-likeness (QED) is 0.263. The van der Waals surface area contributed by atoms with Gasteiger partial charge in [0.05, 0.1) is 0 Å². The maximum absolute atomic E-state index is 2.41. The third kappa shape index (κ3) is 3.04. The summed E-state index contributed by atoms with van der Waals surface area (Å²) in [5.41, 5.74) is 6.66. The predicted molar refractivity (Wildman–Crippen MR) is 142 cm³/mol. The molecule has 0 saturated heterocycles. The smallest absolute Gasteiger partial charge is 0.0434 e. The van der Waals surface area contributed by atoms with E-state index < -0.39 is 0 Å². The first-order valence-corrected chi connectivity index (χ1v) is 12.0. The lowest BCUT2D eigenvalue weighted by molar-refractivity contribution is 0.869. The van der Waals surface area contributed by atoms with Gasteiger partial charge in [-0.3, -0.25) is 0 Å². The molecule has 6 rings (SSSR count). The molecular weight excluding hydrogens is 404 g/mol. The highest BCUT2D eigenvalue weighted by Gasteiger charge is 2.16. The fourth-order valence-electron chi connectivity index (χ4n) is 4.77. The van der Waals surface area contributed by atoms with Crippen molar-refractivity contribution >= 4 is 42.3 Å². The first-order valence-electron chi connectivity index (χ1n) is 11.2. The molecule has 1 heteroatoms. The third-order valence-electron chi connectivity index (χ3n) is 6.45. The van der Waals surface area contributed by atoms with Crippen LogP contribution in [0.4, 0.5) is 0 Å². The zero-order valence-electron chi connectivity index (χ0n) is 18.3. The summed E-state index contributed by atoms with van der Waals surface area (Å²) in [6, 6.07) is 37.8. The van der Waals surface area contributed by atoms with Crippen LogP contribution in [0.2, 0.25) is 0 Å². The van der Waals surface area contributed by atoms with E-state index in [4.69, 9.17) is 0 Å². The molecule has 1 heterocycles. The molecule has 0 aliphatic carbocycles. The highest BCUT2D eigenvalue weighted by atomic mass is 32.1. The van der Waals surface area contributed by atoms with Gasteiger partial charge in [-0.25, -0.2) is 0 Å². The van der Waals surface area contributed by atoms with Crippen molar-refractivity contribution in [1.82, 2.24) is 0 Å². The summed E-state index contributed by atoms with van der Waals surface area (Å²) < 4.78 is 2.74. The average Bonchev–Trinajstić information content (AvgIpc) is 3.23. The number of hydrogen-bond donors (Lipinski definition) is 0. The summed E-state index contributed by atoms with van der Waals surface area (Å²) in [5, 5.41) is 5.33. The molecule has 0 bridgehead atoms. The van der Waals surface area contributed by atoms with Gasteiger partial charge in [0.2, 0.25) is 0 Å². The predicted octanol–water partition coefficient (Wildman–Crippen LogP) is 9.67. The van der Waals surface area contributed by atoms with Crippen LogP contribution in [0.25, 0.3) is 53.2 Å². The largest absolute Gasteiger partial charge is 0.134 e. The van der Waals surface area contributed by atoms with Gasteiger partial charge in [-0.15, -0.1) is 11.3 Å². The molecular formula is C31H24S. The molecule has 0 nitrogen and oxygen atoms in total. The molecule has 32 heavy (non-hydrogen) atoms. The summed E-state index contributed by atoms with van der Waals surface area (Å²) in [4.78, 5) is 0. The lowest BCUT2D eigenvalue weighted by Gasteiger charge is -2.13. The molecule has 0 fully saturated rings. The molecule has 0 atom stereocenters. The molecule has 0 radical (unpaired) electrons. The molecule has 5 aromatic carbocycles. The maximum atomic E-state index is 2.41. The number of hydrogen-bond acceptors (Lipinski definition) is 1. The van der Waals surface area contributed by atoms with E-state index in [-0.39, 0.29) is 0 Å². The van der Waals surface area contributed by atoms with Crippen LogP contribution in [0.3, 0.4) is 0 Å². The van der Waals surface area contributed by atoms with Crippen LogP contribution in [-0.2, 0) is 0 Å². The van der Waals surface area contributed by atoms with E-state index in [9.17, 15) is 0 Å². The number of thiophene rings is 1. The van der Waals surface area contributed by atoms with Crippen molar-refractivity contribution in [1.29, 1.82) is 0 Å². The second-order valence-electron chi connectivity index (χ2n) is 8.78. The minimum absolute atomic E-state index is 0.490. The molecule has 0 N–H and O–H groups in total. The molecule has 0 amide bonds. The van der Waals surface area contributed by atoms with E-state index >= 15 is 0 Å². The molecule has 0 aliphatic heterocycles. The van der Waals surface area contributed by atoms with Gasteiger partial charge in [0.1, 0.15) is 0 Å². The minimum Gasteiger partial charge on any atom is -0.134 e. The fraction of sp³-hybridized carbons (Fsp3) is 0.0968. The van der Waals surface area contributed by atoms with Crippen LogP contribution in [0.1, 0.15) is 25.3 Å². The average molecular weight is 429 g/mol. The van der Waals surface area contributed by atoms with Gasteiger partial charge in [-0.2, -0.15) is 0 Å².